The Labute approximate surface area is 128 Å². The minimum absolute atomic E-state index is 0.00782. The van der Waals surface area contributed by atoms with Crippen molar-refractivity contribution in [3.05, 3.63) is 63.6 Å². The lowest BCUT2D eigenvalue weighted by Crippen LogP contribution is -2.17. The van der Waals surface area contributed by atoms with Crippen LogP contribution in [0.25, 0.3) is 0 Å². The molecule has 3 N–H and O–H groups in total. The molecule has 0 aliphatic heterocycles. The Hall–Kier alpha value is -2.15. The minimum Gasteiger partial charge on any atom is -0.488 e. The van der Waals surface area contributed by atoms with Crippen molar-refractivity contribution < 1.29 is 18.7 Å². The Kier molecular flexibility index (Phi) is 4.74. The highest BCUT2D eigenvalue weighted by Crippen LogP contribution is 2.26. The van der Waals surface area contributed by atoms with Gasteiger partial charge >= 0.3 is 0 Å². The van der Waals surface area contributed by atoms with Crippen LogP contribution in [0.15, 0.2) is 46.0 Å². The summed E-state index contributed by atoms with van der Waals surface area (Å²) in [6, 6.07) is 7.84. The highest BCUT2D eigenvalue weighted by Gasteiger charge is 2.11. The molecular formula is C14H11BrF2N2O2. The molecule has 2 aromatic rings. The van der Waals surface area contributed by atoms with E-state index < -0.39 is 11.6 Å². The molecule has 0 spiro atoms. The highest BCUT2D eigenvalue weighted by molar-refractivity contribution is 9.10. The number of rotatable bonds is 4. The summed E-state index contributed by atoms with van der Waals surface area (Å²) in [4.78, 5) is 0. The number of ether oxygens (including phenoxy) is 1. The van der Waals surface area contributed by atoms with Gasteiger partial charge in [-0.05, 0) is 40.2 Å². The third kappa shape index (κ3) is 3.69. The topological polar surface area (TPSA) is 67.8 Å². The predicted molar refractivity (Wildman–Crippen MR) is 77.3 cm³/mol. The quantitative estimate of drug-likeness (QED) is 0.381. The summed E-state index contributed by atoms with van der Waals surface area (Å²) in [6.45, 7) is 0.00782. The maximum atomic E-state index is 13.2. The van der Waals surface area contributed by atoms with E-state index in [0.29, 0.717) is 15.8 Å². The number of hydrogen-bond donors (Lipinski definition) is 2. The van der Waals surface area contributed by atoms with Gasteiger partial charge in [0.25, 0.3) is 0 Å². The fourth-order valence-corrected chi connectivity index (χ4v) is 2.07. The number of oxime groups is 1. The second-order valence-electron chi connectivity index (χ2n) is 4.15. The molecule has 7 heteroatoms. The molecule has 2 rings (SSSR count). The molecule has 110 valence electrons. The van der Waals surface area contributed by atoms with Gasteiger partial charge in [0.1, 0.15) is 24.0 Å². The predicted octanol–water partition coefficient (Wildman–Crippen LogP) is 3.40. The van der Waals surface area contributed by atoms with E-state index in [0.717, 1.165) is 6.07 Å². The molecule has 0 aliphatic carbocycles. The molecule has 0 amide bonds. The molecule has 0 aromatic heterocycles. The standard InChI is InChI=1S/C14H11BrF2N2O2/c15-12-4-3-10(17)6-13(12)21-7-8-1-2-9(16)5-11(8)14(18)19-20/h1-6,20H,7H2,(H2,18,19). The summed E-state index contributed by atoms with van der Waals surface area (Å²) in [5.74, 6) is -0.896. The summed E-state index contributed by atoms with van der Waals surface area (Å²) in [5, 5.41) is 11.6. The van der Waals surface area contributed by atoms with Gasteiger partial charge in [0.05, 0.1) is 4.47 Å². The molecule has 0 fully saturated rings. The Balaban J connectivity index is 2.26. The van der Waals surface area contributed by atoms with Crippen molar-refractivity contribution in [3.63, 3.8) is 0 Å². The van der Waals surface area contributed by atoms with Gasteiger partial charge in [0.15, 0.2) is 5.84 Å². The maximum Gasteiger partial charge on any atom is 0.170 e. The van der Waals surface area contributed by atoms with Crippen LogP contribution in [-0.2, 0) is 6.61 Å². The van der Waals surface area contributed by atoms with Crippen molar-refractivity contribution >= 4 is 21.8 Å². The minimum atomic E-state index is -0.521. The Bertz CT molecular complexity index is 693. The summed E-state index contributed by atoms with van der Waals surface area (Å²) in [7, 11) is 0. The maximum absolute atomic E-state index is 13.2. The van der Waals surface area contributed by atoms with E-state index in [2.05, 4.69) is 21.1 Å². The zero-order valence-corrected chi connectivity index (χ0v) is 12.3. The normalized spacial score (nSPS) is 11.5. The Morgan fingerprint density at radius 3 is 2.57 bits per heavy atom. The van der Waals surface area contributed by atoms with Crippen LogP contribution in [0.1, 0.15) is 11.1 Å². The largest absolute Gasteiger partial charge is 0.488 e. The van der Waals surface area contributed by atoms with Crippen molar-refractivity contribution in [3.8, 4) is 5.75 Å². The third-order valence-electron chi connectivity index (χ3n) is 2.73. The van der Waals surface area contributed by atoms with Crippen LogP contribution in [-0.4, -0.2) is 11.0 Å². The average Bonchev–Trinajstić information content (AvgIpc) is 2.48. The molecule has 21 heavy (non-hydrogen) atoms. The fourth-order valence-electron chi connectivity index (χ4n) is 1.71. The number of nitrogens with zero attached hydrogens (tertiary/aromatic N) is 1. The molecular weight excluding hydrogens is 346 g/mol. The van der Waals surface area contributed by atoms with Gasteiger partial charge in [-0.3, -0.25) is 0 Å². The molecule has 0 radical (unpaired) electrons. The van der Waals surface area contributed by atoms with Gasteiger partial charge in [0.2, 0.25) is 0 Å². The summed E-state index contributed by atoms with van der Waals surface area (Å²) in [6.07, 6.45) is 0. The van der Waals surface area contributed by atoms with Gasteiger partial charge in [-0.2, -0.15) is 0 Å². The van der Waals surface area contributed by atoms with Gasteiger partial charge in [-0.25, -0.2) is 8.78 Å². The first-order chi connectivity index (χ1) is 10.0. The number of nitrogens with two attached hydrogens (primary N) is 1. The zero-order chi connectivity index (χ0) is 15.4. The molecule has 0 saturated heterocycles. The smallest absolute Gasteiger partial charge is 0.170 e. The molecule has 4 nitrogen and oxygen atoms in total. The van der Waals surface area contributed by atoms with Crippen molar-refractivity contribution in [2.24, 2.45) is 10.9 Å². The first-order valence-electron chi connectivity index (χ1n) is 5.85. The van der Waals surface area contributed by atoms with E-state index >= 15 is 0 Å². The molecule has 2 aromatic carbocycles. The van der Waals surface area contributed by atoms with Crippen molar-refractivity contribution in [2.75, 3.05) is 0 Å². The lowest BCUT2D eigenvalue weighted by Gasteiger charge is -2.11. The van der Waals surface area contributed by atoms with E-state index in [1.54, 1.807) is 0 Å². The van der Waals surface area contributed by atoms with Crippen LogP contribution in [0.4, 0.5) is 8.78 Å². The molecule has 0 aliphatic rings. The fraction of sp³-hybridized carbons (Fsp3) is 0.0714. The summed E-state index contributed by atoms with van der Waals surface area (Å²) in [5.41, 5.74) is 6.21. The molecule has 0 atom stereocenters. The third-order valence-corrected chi connectivity index (χ3v) is 3.39. The zero-order valence-electron chi connectivity index (χ0n) is 10.7. The monoisotopic (exact) mass is 356 g/mol. The molecule has 0 bridgehead atoms. The van der Waals surface area contributed by atoms with Crippen molar-refractivity contribution in [1.82, 2.24) is 0 Å². The van der Waals surface area contributed by atoms with Gasteiger partial charge in [-0.1, -0.05) is 11.2 Å². The number of benzene rings is 2. The van der Waals surface area contributed by atoms with E-state index in [4.69, 9.17) is 15.7 Å². The van der Waals surface area contributed by atoms with Crippen molar-refractivity contribution in [1.29, 1.82) is 0 Å². The van der Waals surface area contributed by atoms with E-state index in [1.165, 1.54) is 30.3 Å². The highest BCUT2D eigenvalue weighted by atomic mass is 79.9. The first kappa shape index (κ1) is 15.2. The van der Waals surface area contributed by atoms with Gasteiger partial charge < -0.3 is 15.7 Å². The molecule has 0 saturated carbocycles. The second kappa shape index (κ2) is 6.53. The number of amidine groups is 1. The van der Waals surface area contributed by atoms with Gasteiger partial charge in [-0.15, -0.1) is 0 Å². The summed E-state index contributed by atoms with van der Waals surface area (Å²) >= 11 is 3.24. The number of halogens is 3. The van der Waals surface area contributed by atoms with E-state index in [-0.39, 0.29) is 18.0 Å². The van der Waals surface area contributed by atoms with Crippen LogP contribution in [0.5, 0.6) is 5.75 Å². The van der Waals surface area contributed by atoms with E-state index in [1.807, 2.05) is 0 Å². The second-order valence-corrected chi connectivity index (χ2v) is 5.00. The lowest BCUT2D eigenvalue weighted by molar-refractivity contribution is 0.301. The molecule has 0 unspecified atom stereocenters. The lowest BCUT2D eigenvalue weighted by atomic mass is 10.1. The summed E-state index contributed by atoms with van der Waals surface area (Å²) < 4.78 is 32.5. The Morgan fingerprint density at radius 2 is 1.86 bits per heavy atom. The Morgan fingerprint density at radius 1 is 1.19 bits per heavy atom. The number of hydrogen-bond acceptors (Lipinski definition) is 3. The van der Waals surface area contributed by atoms with Crippen molar-refractivity contribution in [2.45, 2.75) is 6.61 Å². The SMILES string of the molecule is N/C(=N/O)c1cc(F)ccc1COc1cc(F)ccc1Br. The van der Waals surface area contributed by atoms with Crippen LogP contribution in [0, 0.1) is 11.6 Å². The van der Waals surface area contributed by atoms with Crippen LogP contribution < -0.4 is 10.5 Å². The van der Waals surface area contributed by atoms with Crippen LogP contribution >= 0.6 is 15.9 Å². The van der Waals surface area contributed by atoms with Crippen LogP contribution in [0.3, 0.4) is 0 Å². The van der Waals surface area contributed by atoms with E-state index in [9.17, 15) is 8.78 Å². The van der Waals surface area contributed by atoms with Crippen LogP contribution in [0.2, 0.25) is 0 Å². The molecule has 0 heterocycles. The average molecular weight is 357 g/mol. The first-order valence-corrected chi connectivity index (χ1v) is 6.64. The van der Waals surface area contributed by atoms with Gasteiger partial charge in [0, 0.05) is 17.2 Å².